The van der Waals surface area contributed by atoms with Crippen LogP contribution in [0.15, 0.2) is 29.6 Å². The number of aromatic nitrogens is 1. The Hall–Kier alpha value is -1.68. The summed E-state index contributed by atoms with van der Waals surface area (Å²) in [5, 5.41) is 2.89. The fraction of sp³-hybridized carbons (Fsp3) is 0.333. The summed E-state index contributed by atoms with van der Waals surface area (Å²) >= 11 is 1.56. The number of thiazole rings is 1. The molecule has 1 aliphatic rings. The highest BCUT2D eigenvalue weighted by Crippen LogP contribution is 2.32. The first kappa shape index (κ1) is 12.4. The summed E-state index contributed by atoms with van der Waals surface area (Å²) in [6.45, 7) is 4.06. The Labute approximate surface area is 116 Å². The molecule has 1 atom stereocenters. The third kappa shape index (κ3) is 2.28. The SMILES string of the molecule is Cc1csc(CC(=O)N2c3ccccc3CC2C)n1. The average molecular weight is 272 g/mol. The zero-order chi connectivity index (χ0) is 13.4. The molecule has 3 nitrogen and oxygen atoms in total. The largest absolute Gasteiger partial charge is 0.309 e. The summed E-state index contributed by atoms with van der Waals surface area (Å²) < 4.78 is 0. The van der Waals surface area contributed by atoms with E-state index < -0.39 is 0 Å². The van der Waals surface area contributed by atoms with Crippen LogP contribution in [0.2, 0.25) is 0 Å². The summed E-state index contributed by atoms with van der Waals surface area (Å²) in [6, 6.07) is 8.40. The molecule has 1 aromatic carbocycles. The van der Waals surface area contributed by atoms with E-state index in [-0.39, 0.29) is 11.9 Å². The van der Waals surface area contributed by atoms with Gasteiger partial charge in [-0.15, -0.1) is 11.3 Å². The van der Waals surface area contributed by atoms with Gasteiger partial charge in [-0.25, -0.2) is 4.98 Å². The molecule has 0 N–H and O–H groups in total. The van der Waals surface area contributed by atoms with Gasteiger partial charge in [-0.3, -0.25) is 4.79 Å². The van der Waals surface area contributed by atoms with Crippen LogP contribution in [0.1, 0.15) is 23.2 Å². The van der Waals surface area contributed by atoms with Crippen molar-refractivity contribution in [1.82, 2.24) is 4.98 Å². The fourth-order valence-corrected chi connectivity index (χ4v) is 3.41. The Kier molecular flexibility index (Phi) is 3.11. The van der Waals surface area contributed by atoms with E-state index in [1.165, 1.54) is 5.56 Å². The van der Waals surface area contributed by atoms with E-state index in [4.69, 9.17) is 0 Å². The van der Waals surface area contributed by atoms with Crippen molar-refractivity contribution >= 4 is 22.9 Å². The molecule has 0 spiro atoms. The molecular formula is C15H16N2OS. The lowest BCUT2D eigenvalue weighted by Crippen LogP contribution is -2.36. The summed E-state index contributed by atoms with van der Waals surface area (Å²) in [7, 11) is 0. The molecule has 0 saturated carbocycles. The van der Waals surface area contributed by atoms with Crippen LogP contribution in [0.25, 0.3) is 0 Å². The van der Waals surface area contributed by atoms with E-state index in [0.29, 0.717) is 6.42 Å². The number of hydrogen-bond donors (Lipinski definition) is 0. The summed E-state index contributed by atoms with van der Waals surface area (Å²) in [5.41, 5.74) is 3.31. The molecule has 0 aliphatic carbocycles. The van der Waals surface area contributed by atoms with Crippen LogP contribution in [-0.4, -0.2) is 16.9 Å². The number of rotatable bonds is 2. The van der Waals surface area contributed by atoms with Gasteiger partial charge in [0.05, 0.1) is 6.42 Å². The van der Waals surface area contributed by atoms with Gasteiger partial charge in [0.1, 0.15) is 5.01 Å². The zero-order valence-electron chi connectivity index (χ0n) is 11.1. The monoisotopic (exact) mass is 272 g/mol. The molecule has 1 aliphatic heterocycles. The van der Waals surface area contributed by atoms with E-state index in [2.05, 4.69) is 18.0 Å². The number of fused-ring (bicyclic) bond motifs is 1. The number of anilines is 1. The Bertz CT molecular complexity index is 620. The van der Waals surface area contributed by atoms with E-state index in [1.807, 2.05) is 35.4 Å². The summed E-state index contributed by atoms with van der Waals surface area (Å²) in [6.07, 6.45) is 1.34. The van der Waals surface area contributed by atoms with Gasteiger partial charge >= 0.3 is 0 Å². The number of amides is 1. The summed E-state index contributed by atoms with van der Waals surface area (Å²) in [5.74, 6) is 0.145. The van der Waals surface area contributed by atoms with Crippen molar-refractivity contribution in [2.24, 2.45) is 0 Å². The molecule has 0 saturated heterocycles. The molecule has 2 aromatic rings. The van der Waals surface area contributed by atoms with Crippen LogP contribution in [0, 0.1) is 6.92 Å². The first-order valence-electron chi connectivity index (χ1n) is 6.46. The second-order valence-corrected chi connectivity index (χ2v) is 5.95. The number of benzene rings is 1. The van der Waals surface area contributed by atoms with E-state index >= 15 is 0 Å². The number of hydrogen-bond acceptors (Lipinski definition) is 3. The quantitative estimate of drug-likeness (QED) is 0.842. The van der Waals surface area contributed by atoms with Gasteiger partial charge in [0, 0.05) is 22.8 Å². The van der Waals surface area contributed by atoms with Gasteiger partial charge in [0.2, 0.25) is 5.91 Å². The first-order chi connectivity index (χ1) is 9.15. The normalized spacial score (nSPS) is 17.6. The Morgan fingerprint density at radius 1 is 1.47 bits per heavy atom. The molecule has 0 fully saturated rings. The van der Waals surface area contributed by atoms with Crippen LogP contribution in [-0.2, 0) is 17.6 Å². The second kappa shape index (κ2) is 4.78. The van der Waals surface area contributed by atoms with Crippen molar-refractivity contribution in [2.45, 2.75) is 32.7 Å². The highest BCUT2D eigenvalue weighted by Gasteiger charge is 2.30. The minimum Gasteiger partial charge on any atom is -0.309 e. The summed E-state index contributed by atoms with van der Waals surface area (Å²) in [4.78, 5) is 18.8. The van der Waals surface area contributed by atoms with Crippen LogP contribution in [0.5, 0.6) is 0 Å². The Morgan fingerprint density at radius 3 is 3.00 bits per heavy atom. The molecule has 1 unspecified atom stereocenters. The van der Waals surface area contributed by atoms with Crippen LogP contribution >= 0.6 is 11.3 Å². The molecule has 1 aromatic heterocycles. The molecule has 0 radical (unpaired) electrons. The third-order valence-corrected chi connectivity index (χ3v) is 4.41. The number of nitrogens with zero attached hydrogens (tertiary/aromatic N) is 2. The minimum absolute atomic E-state index is 0.145. The first-order valence-corrected chi connectivity index (χ1v) is 7.34. The van der Waals surface area contributed by atoms with Crippen LogP contribution in [0.3, 0.4) is 0 Å². The fourth-order valence-electron chi connectivity index (χ4n) is 2.64. The van der Waals surface area contributed by atoms with E-state index in [1.54, 1.807) is 11.3 Å². The average Bonchev–Trinajstić information content (AvgIpc) is 2.91. The van der Waals surface area contributed by atoms with Gasteiger partial charge in [-0.2, -0.15) is 0 Å². The molecular weight excluding hydrogens is 256 g/mol. The minimum atomic E-state index is 0.145. The molecule has 3 rings (SSSR count). The lowest BCUT2D eigenvalue weighted by Gasteiger charge is -2.22. The van der Waals surface area contributed by atoms with E-state index in [0.717, 1.165) is 22.8 Å². The van der Waals surface area contributed by atoms with Gasteiger partial charge in [0.25, 0.3) is 0 Å². The number of aryl methyl sites for hydroxylation is 1. The van der Waals surface area contributed by atoms with Crippen LogP contribution in [0.4, 0.5) is 5.69 Å². The molecule has 2 heterocycles. The van der Waals surface area contributed by atoms with E-state index in [9.17, 15) is 4.79 Å². The third-order valence-electron chi connectivity index (χ3n) is 3.44. The number of carbonyl (C=O) groups excluding carboxylic acids is 1. The maximum Gasteiger partial charge on any atom is 0.234 e. The highest BCUT2D eigenvalue weighted by atomic mass is 32.1. The highest BCUT2D eigenvalue weighted by molar-refractivity contribution is 7.09. The van der Waals surface area contributed by atoms with Gasteiger partial charge in [-0.1, -0.05) is 18.2 Å². The van der Waals surface area contributed by atoms with Gasteiger partial charge < -0.3 is 4.90 Å². The van der Waals surface area contributed by atoms with Crippen molar-refractivity contribution in [3.05, 3.63) is 45.9 Å². The molecule has 98 valence electrons. The molecule has 1 amide bonds. The van der Waals surface area contributed by atoms with Crippen molar-refractivity contribution < 1.29 is 4.79 Å². The van der Waals surface area contributed by atoms with Crippen molar-refractivity contribution in [3.63, 3.8) is 0 Å². The zero-order valence-corrected chi connectivity index (χ0v) is 11.9. The standard InChI is InChI=1S/C15H16N2OS/c1-10-9-19-14(16-10)8-15(18)17-11(2)7-12-5-3-4-6-13(12)17/h3-6,9,11H,7-8H2,1-2H3. The van der Waals surface area contributed by atoms with Crippen molar-refractivity contribution in [1.29, 1.82) is 0 Å². The predicted molar refractivity (Wildman–Crippen MR) is 77.6 cm³/mol. The number of para-hydroxylation sites is 1. The number of carbonyl (C=O) groups is 1. The van der Waals surface area contributed by atoms with Crippen molar-refractivity contribution in [3.8, 4) is 0 Å². The van der Waals surface area contributed by atoms with Gasteiger partial charge in [0.15, 0.2) is 0 Å². The van der Waals surface area contributed by atoms with Crippen LogP contribution < -0.4 is 4.90 Å². The Balaban J connectivity index is 1.84. The lowest BCUT2D eigenvalue weighted by molar-refractivity contribution is -0.118. The second-order valence-electron chi connectivity index (χ2n) is 5.01. The van der Waals surface area contributed by atoms with Crippen molar-refractivity contribution in [2.75, 3.05) is 4.90 Å². The smallest absolute Gasteiger partial charge is 0.234 e. The maximum absolute atomic E-state index is 12.5. The topological polar surface area (TPSA) is 33.2 Å². The lowest BCUT2D eigenvalue weighted by atomic mass is 10.1. The molecule has 0 bridgehead atoms. The molecule has 19 heavy (non-hydrogen) atoms. The Morgan fingerprint density at radius 2 is 2.26 bits per heavy atom. The maximum atomic E-state index is 12.5. The molecule has 4 heteroatoms. The predicted octanol–water partition coefficient (Wildman–Crippen LogP) is 2.97. The van der Waals surface area contributed by atoms with Gasteiger partial charge in [-0.05, 0) is 31.9 Å².